The predicted molar refractivity (Wildman–Crippen MR) is 50.9 cm³/mol. The van der Waals surface area contributed by atoms with Crippen LogP contribution in [0, 0.1) is 0 Å². The molecule has 1 unspecified atom stereocenters. The van der Waals surface area contributed by atoms with Crippen LogP contribution in [-0.4, -0.2) is 24.7 Å². The predicted octanol–water partition coefficient (Wildman–Crippen LogP) is 0.102. The maximum absolute atomic E-state index is 5.36. The summed E-state index contributed by atoms with van der Waals surface area (Å²) in [5.41, 5.74) is 3.85. The van der Waals surface area contributed by atoms with Crippen molar-refractivity contribution in [2.24, 2.45) is 5.84 Å². The van der Waals surface area contributed by atoms with E-state index in [0.717, 1.165) is 12.0 Å². The van der Waals surface area contributed by atoms with Gasteiger partial charge in [0.2, 0.25) is 0 Å². The molecule has 1 aromatic rings. The molecule has 0 aliphatic rings. The van der Waals surface area contributed by atoms with Crippen LogP contribution in [0.5, 0.6) is 0 Å². The van der Waals surface area contributed by atoms with Gasteiger partial charge in [0.15, 0.2) is 0 Å². The summed E-state index contributed by atoms with van der Waals surface area (Å²) in [4.78, 5) is 4.02. The second-order valence-electron chi connectivity index (χ2n) is 2.88. The number of hydrogen-bond acceptors (Lipinski definition) is 4. The summed E-state index contributed by atoms with van der Waals surface area (Å²) >= 11 is 0. The smallest absolute Gasteiger partial charge is 0.0632 e. The molecule has 72 valence electrons. The van der Waals surface area contributed by atoms with Crippen molar-refractivity contribution >= 4 is 0 Å². The zero-order valence-electron chi connectivity index (χ0n) is 7.73. The molecule has 0 aliphatic heterocycles. The van der Waals surface area contributed by atoms with Crippen LogP contribution in [0.3, 0.4) is 0 Å². The van der Waals surface area contributed by atoms with E-state index in [4.69, 9.17) is 10.6 Å². The first kappa shape index (κ1) is 10.1. The van der Waals surface area contributed by atoms with Crippen LogP contribution in [0.4, 0.5) is 0 Å². The van der Waals surface area contributed by atoms with Gasteiger partial charge in [0.25, 0.3) is 0 Å². The Labute approximate surface area is 78.1 Å². The minimum Gasteiger partial charge on any atom is -0.383 e. The number of aromatic nitrogens is 1. The Hall–Kier alpha value is -0.970. The van der Waals surface area contributed by atoms with Crippen LogP contribution >= 0.6 is 0 Å². The van der Waals surface area contributed by atoms with Crippen LogP contribution in [0.2, 0.25) is 0 Å². The highest BCUT2D eigenvalue weighted by Gasteiger charge is 2.06. The van der Waals surface area contributed by atoms with Crippen molar-refractivity contribution in [2.75, 3.05) is 13.7 Å². The van der Waals surface area contributed by atoms with Gasteiger partial charge < -0.3 is 4.74 Å². The van der Waals surface area contributed by atoms with Gasteiger partial charge in [-0.15, -0.1) is 0 Å². The van der Waals surface area contributed by atoms with E-state index in [1.54, 1.807) is 13.3 Å². The monoisotopic (exact) mass is 181 g/mol. The average molecular weight is 181 g/mol. The number of rotatable bonds is 5. The van der Waals surface area contributed by atoms with E-state index in [1.807, 2.05) is 18.3 Å². The number of hydrazine groups is 1. The second-order valence-corrected chi connectivity index (χ2v) is 2.88. The summed E-state index contributed by atoms with van der Waals surface area (Å²) in [6, 6.07) is 4.08. The molecule has 0 fully saturated rings. The third kappa shape index (κ3) is 3.50. The summed E-state index contributed by atoms with van der Waals surface area (Å²) in [6.07, 6.45) is 4.42. The van der Waals surface area contributed by atoms with E-state index in [2.05, 4.69) is 10.4 Å². The molecule has 4 heteroatoms. The molecule has 0 aromatic carbocycles. The summed E-state index contributed by atoms with van der Waals surface area (Å²) in [5, 5.41) is 0. The van der Waals surface area contributed by atoms with Crippen molar-refractivity contribution in [3.63, 3.8) is 0 Å². The number of nitrogens with one attached hydrogen (secondary N) is 1. The molecule has 3 N–H and O–H groups in total. The number of ether oxygens (including phenoxy) is 1. The zero-order chi connectivity index (χ0) is 9.52. The van der Waals surface area contributed by atoms with Gasteiger partial charge >= 0.3 is 0 Å². The van der Waals surface area contributed by atoms with Crippen molar-refractivity contribution < 1.29 is 4.74 Å². The van der Waals surface area contributed by atoms with Gasteiger partial charge in [-0.2, -0.15) is 0 Å². The highest BCUT2D eigenvalue weighted by Crippen LogP contribution is 2.00. The van der Waals surface area contributed by atoms with E-state index in [-0.39, 0.29) is 6.04 Å². The first-order chi connectivity index (χ1) is 6.36. The van der Waals surface area contributed by atoms with Crippen molar-refractivity contribution in [2.45, 2.75) is 12.5 Å². The van der Waals surface area contributed by atoms with E-state index in [1.165, 1.54) is 0 Å². The van der Waals surface area contributed by atoms with E-state index < -0.39 is 0 Å². The summed E-state index contributed by atoms with van der Waals surface area (Å²) < 4.78 is 5.00. The molecule has 1 rings (SSSR count). The maximum Gasteiger partial charge on any atom is 0.0632 e. The standard InChI is InChI=1S/C9H15N3O/c1-13-7-9(12-10)5-8-3-2-4-11-6-8/h2-4,6,9,12H,5,7,10H2,1H3. The van der Waals surface area contributed by atoms with Gasteiger partial charge in [-0.3, -0.25) is 16.3 Å². The Morgan fingerprint density at radius 2 is 2.54 bits per heavy atom. The topological polar surface area (TPSA) is 60.2 Å². The zero-order valence-corrected chi connectivity index (χ0v) is 7.73. The van der Waals surface area contributed by atoms with Crippen molar-refractivity contribution in [3.8, 4) is 0 Å². The Kier molecular flexibility index (Phi) is 4.39. The number of nitrogens with zero attached hydrogens (tertiary/aromatic N) is 1. The Balaban J connectivity index is 2.46. The van der Waals surface area contributed by atoms with Crippen LogP contribution < -0.4 is 11.3 Å². The van der Waals surface area contributed by atoms with Crippen molar-refractivity contribution in [3.05, 3.63) is 30.1 Å². The molecule has 0 saturated heterocycles. The molecule has 1 aromatic heterocycles. The lowest BCUT2D eigenvalue weighted by atomic mass is 10.1. The summed E-state index contributed by atoms with van der Waals surface area (Å²) in [5.74, 6) is 5.36. The van der Waals surface area contributed by atoms with E-state index in [9.17, 15) is 0 Å². The molecule has 13 heavy (non-hydrogen) atoms. The fraction of sp³-hybridized carbons (Fsp3) is 0.444. The normalized spacial score (nSPS) is 12.8. The van der Waals surface area contributed by atoms with Gasteiger partial charge in [-0.25, -0.2) is 0 Å². The number of pyridine rings is 1. The molecule has 0 amide bonds. The first-order valence-electron chi connectivity index (χ1n) is 4.20. The van der Waals surface area contributed by atoms with Crippen LogP contribution in [-0.2, 0) is 11.2 Å². The molecule has 0 radical (unpaired) electrons. The quantitative estimate of drug-likeness (QED) is 0.499. The number of nitrogens with two attached hydrogens (primary N) is 1. The fourth-order valence-electron chi connectivity index (χ4n) is 1.17. The molecule has 4 nitrogen and oxygen atoms in total. The average Bonchev–Trinajstić information content (AvgIpc) is 2.19. The highest BCUT2D eigenvalue weighted by atomic mass is 16.5. The second kappa shape index (κ2) is 5.64. The van der Waals surface area contributed by atoms with Gasteiger partial charge in [-0.1, -0.05) is 6.07 Å². The van der Waals surface area contributed by atoms with Gasteiger partial charge in [-0.05, 0) is 18.1 Å². The van der Waals surface area contributed by atoms with Crippen LogP contribution in [0.1, 0.15) is 5.56 Å². The minimum atomic E-state index is 0.147. The Morgan fingerprint density at radius 1 is 1.69 bits per heavy atom. The van der Waals surface area contributed by atoms with Gasteiger partial charge in [0, 0.05) is 25.5 Å². The molecule has 1 atom stereocenters. The molecule has 0 saturated carbocycles. The lowest BCUT2D eigenvalue weighted by Crippen LogP contribution is -2.40. The lowest BCUT2D eigenvalue weighted by Gasteiger charge is -2.13. The fourth-order valence-corrected chi connectivity index (χ4v) is 1.17. The largest absolute Gasteiger partial charge is 0.383 e. The SMILES string of the molecule is COCC(Cc1cccnc1)NN. The first-order valence-corrected chi connectivity index (χ1v) is 4.20. The number of methoxy groups -OCH3 is 1. The molecule has 1 heterocycles. The van der Waals surface area contributed by atoms with E-state index in [0.29, 0.717) is 6.61 Å². The molecular formula is C9H15N3O. The maximum atomic E-state index is 5.36. The Morgan fingerprint density at radius 3 is 3.08 bits per heavy atom. The summed E-state index contributed by atoms with van der Waals surface area (Å²) in [6.45, 7) is 0.603. The van der Waals surface area contributed by atoms with Gasteiger partial charge in [0.1, 0.15) is 0 Å². The molecule has 0 bridgehead atoms. The molecule has 0 spiro atoms. The van der Waals surface area contributed by atoms with Crippen molar-refractivity contribution in [1.29, 1.82) is 0 Å². The lowest BCUT2D eigenvalue weighted by molar-refractivity contribution is 0.166. The highest BCUT2D eigenvalue weighted by molar-refractivity contribution is 5.09. The number of hydrogen-bond donors (Lipinski definition) is 2. The Bertz CT molecular complexity index is 228. The third-order valence-electron chi connectivity index (χ3n) is 1.81. The molecular weight excluding hydrogens is 166 g/mol. The van der Waals surface area contributed by atoms with Crippen LogP contribution in [0.15, 0.2) is 24.5 Å². The van der Waals surface area contributed by atoms with E-state index >= 15 is 0 Å². The third-order valence-corrected chi connectivity index (χ3v) is 1.81. The van der Waals surface area contributed by atoms with Crippen molar-refractivity contribution in [1.82, 2.24) is 10.4 Å². The molecule has 0 aliphatic carbocycles. The summed E-state index contributed by atoms with van der Waals surface area (Å²) in [7, 11) is 1.66. The minimum absolute atomic E-state index is 0.147. The van der Waals surface area contributed by atoms with Gasteiger partial charge in [0.05, 0.1) is 6.61 Å². The van der Waals surface area contributed by atoms with Crippen LogP contribution in [0.25, 0.3) is 0 Å².